The van der Waals surface area contributed by atoms with E-state index in [1.165, 1.54) is 5.38 Å². The SMILES string of the molecule is CC(C)(ON=C(C(=O)NC1C(=O)N(S(=O)(=O)O)C1CNC(=O)CCC(=O)NCc1cc(=O)c(O)cn1O)c1csc(N)n1)C(=O)O. The van der Waals surface area contributed by atoms with Gasteiger partial charge in [0.25, 0.3) is 11.8 Å². The number of aliphatic carboxylic acids is 1. The molecule has 0 aromatic carbocycles. The lowest BCUT2D eigenvalue weighted by Gasteiger charge is -2.44. The number of rotatable bonds is 14. The third-order valence-corrected chi connectivity index (χ3v) is 7.83. The van der Waals surface area contributed by atoms with Crippen LogP contribution in [-0.4, -0.2) is 102 Å². The molecule has 0 saturated carbocycles. The lowest BCUT2D eigenvalue weighted by Crippen LogP contribution is -2.74. The number of pyridine rings is 1. The van der Waals surface area contributed by atoms with Gasteiger partial charge in [-0.15, -0.1) is 11.3 Å². The first-order chi connectivity index (χ1) is 21.3. The van der Waals surface area contributed by atoms with E-state index in [9.17, 15) is 57.2 Å². The van der Waals surface area contributed by atoms with Crippen LogP contribution in [0.5, 0.6) is 5.75 Å². The molecule has 9 N–H and O–H groups in total. The van der Waals surface area contributed by atoms with Crippen molar-refractivity contribution in [1.29, 1.82) is 0 Å². The summed E-state index contributed by atoms with van der Waals surface area (Å²) >= 11 is 0.891. The van der Waals surface area contributed by atoms with E-state index in [-0.39, 0.29) is 27.4 Å². The average molecular weight is 689 g/mol. The number of aromatic nitrogens is 2. The van der Waals surface area contributed by atoms with Crippen molar-refractivity contribution in [2.45, 2.75) is 50.9 Å². The Bertz CT molecular complexity index is 1750. The minimum atomic E-state index is -5.15. The van der Waals surface area contributed by atoms with Crippen molar-refractivity contribution in [2.24, 2.45) is 5.16 Å². The quantitative estimate of drug-likeness (QED) is 0.0325. The van der Waals surface area contributed by atoms with E-state index in [1.807, 2.05) is 0 Å². The molecule has 46 heavy (non-hydrogen) atoms. The average Bonchev–Trinajstić information content (AvgIpc) is 3.38. The summed E-state index contributed by atoms with van der Waals surface area (Å²) in [5, 5.41) is 39.9. The number of β-lactam (4-membered cyclic amide) rings is 1. The number of anilines is 1. The summed E-state index contributed by atoms with van der Waals surface area (Å²) in [6.07, 6.45) is -0.130. The van der Waals surface area contributed by atoms with Crippen molar-refractivity contribution in [3.63, 3.8) is 0 Å². The summed E-state index contributed by atoms with van der Waals surface area (Å²) < 4.78 is 33.6. The van der Waals surface area contributed by atoms with Gasteiger partial charge in [-0.3, -0.25) is 28.5 Å². The standard InChI is InChI=1S/C23H28N8O13S2/c1-23(2,21(38)39)44-29-17(11-9-45-22(24)27-11)19(36)28-18-12(31(20(18)37)46(41,42)43)7-26-16(35)4-3-15(34)25-6-10-5-13(32)14(33)8-30(10)40/h5,8-9,12,18,33,40H,3-4,6-7H2,1-2H3,(H2,24,27)(H,25,34)(H,26,35)(H,28,36)(H,38,39)(H,41,42,43). The zero-order chi connectivity index (χ0) is 34.6. The number of carboxylic acid groups (broad SMARTS) is 1. The number of carbonyl (C=O) groups is 5. The van der Waals surface area contributed by atoms with Crippen LogP contribution in [0.15, 0.2) is 27.6 Å². The van der Waals surface area contributed by atoms with Crippen LogP contribution in [-0.2, 0) is 45.7 Å². The van der Waals surface area contributed by atoms with Gasteiger partial charge in [-0.2, -0.15) is 13.1 Å². The molecule has 21 nitrogen and oxygen atoms in total. The lowest BCUT2D eigenvalue weighted by molar-refractivity contribution is -0.161. The van der Waals surface area contributed by atoms with E-state index in [0.717, 1.165) is 37.4 Å². The number of nitrogens with two attached hydrogens (primary N) is 1. The minimum Gasteiger partial charge on any atom is -0.503 e. The molecule has 0 spiro atoms. The summed E-state index contributed by atoms with van der Waals surface area (Å²) in [6, 6.07) is -2.31. The monoisotopic (exact) mass is 688 g/mol. The van der Waals surface area contributed by atoms with Crippen LogP contribution in [0.3, 0.4) is 0 Å². The summed E-state index contributed by atoms with van der Waals surface area (Å²) in [5.74, 6) is -6.10. The molecular weight excluding hydrogens is 660 g/mol. The van der Waals surface area contributed by atoms with E-state index < -0.39 is 93.9 Å². The number of carbonyl (C=O) groups excluding carboxylic acids is 4. The number of hydrogen-bond acceptors (Lipinski definition) is 15. The van der Waals surface area contributed by atoms with E-state index in [2.05, 4.69) is 26.1 Å². The van der Waals surface area contributed by atoms with Crippen molar-refractivity contribution in [2.75, 3.05) is 12.3 Å². The second-order valence-corrected chi connectivity index (χ2v) is 12.2. The molecule has 3 heterocycles. The number of carboxylic acids is 1. The van der Waals surface area contributed by atoms with Crippen LogP contribution in [0.4, 0.5) is 5.13 Å². The molecule has 1 saturated heterocycles. The van der Waals surface area contributed by atoms with Gasteiger partial charge in [-0.25, -0.2) is 14.1 Å². The normalized spacial score (nSPS) is 16.7. The van der Waals surface area contributed by atoms with Gasteiger partial charge in [0.2, 0.25) is 22.8 Å². The molecule has 0 bridgehead atoms. The fourth-order valence-corrected chi connectivity index (χ4v) is 5.10. The molecule has 1 fully saturated rings. The van der Waals surface area contributed by atoms with Crippen LogP contribution < -0.4 is 27.1 Å². The summed E-state index contributed by atoms with van der Waals surface area (Å²) in [5.41, 5.74) is 2.03. The zero-order valence-electron chi connectivity index (χ0n) is 23.9. The van der Waals surface area contributed by atoms with Crippen LogP contribution in [0.25, 0.3) is 0 Å². The Morgan fingerprint density at radius 3 is 2.37 bits per heavy atom. The zero-order valence-corrected chi connectivity index (χ0v) is 25.5. The van der Waals surface area contributed by atoms with Gasteiger partial charge < -0.3 is 41.9 Å². The fourth-order valence-electron chi connectivity index (χ4n) is 3.67. The highest BCUT2D eigenvalue weighted by Gasteiger charge is 2.54. The van der Waals surface area contributed by atoms with Gasteiger partial charge in [-0.05, 0) is 13.8 Å². The smallest absolute Gasteiger partial charge is 0.362 e. The number of aromatic hydroxyl groups is 1. The Morgan fingerprint density at radius 2 is 1.80 bits per heavy atom. The molecule has 4 amide bonds. The summed E-state index contributed by atoms with van der Waals surface area (Å²) in [4.78, 5) is 82.0. The topological polar surface area (TPSA) is 322 Å². The van der Waals surface area contributed by atoms with E-state index in [4.69, 9.17) is 10.6 Å². The maximum absolute atomic E-state index is 13.1. The second-order valence-electron chi connectivity index (χ2n) is 9.99. The van der Waals surface area contributed by atoms with Gasteiger partial charge in [0.1, 0.15) is 11.7 Å². The fraction of sp³-hybridized carbons (Fsp3) is 0.391. The predicted octanol–water partition coefficient (Wildman–Crippen LogP) is -2.87. The van der Waals surface area contributed by atoms with Crippen molar-refractivity contribution < 1.29 is 57.2 Å². The first-order valence-electron chi connectivity index (χ1n) is 12.8. The molecule has 1 aliphatic heterocycles. The molecule has 1 aliphatic rings. The molecule has 2 aromatic heterocycles. The van der Waals surface area contributed by atoms with Crippen molar-refractivity contribution in [3.8, 4) is 5.75 Å². The maximum atomic E-state index is 13.1. The molecular formula is C23H28N8O13S2. The highest BCUT2D eigenvalue weighted by molar-refractivity contribution is 7.84. The van der Waals surface area contributed by atoms with E-state index >= 15 is 0 Å². The van der Waals surface area contributed by atoms with Crippen molar-refractivity contribution in [3.05, 3.63) is 39.3 Å². The first kappa shape index (κ1) is 35.2. The van der Waals surface area contributed by atoms with E-state index in [0.29, 0.717) is 4.73 Å². The number of hydrogen-bond donors (Lipinski definition) is 8. The van der Waals surface area contributed by atoms with E-state index in [1.54, 1.807) is 0 Å². The number of nitrogens with zero attached hydrogens (tertiary/aromatic N) is 4. The molecule has 23 heteroatoms. The summed E-state index contributed by atoms with van der Waals surface area (Å²) in [7, 11) is -5.15. The van der Waals surface area contributed by atoms with Crippen LogP contribution >= 0.6 is 11.3 Å². The number of nitrogen functional groups attached to an aromatic ring is 1. The molecule has 2 aromatic rings. The van der Waals surface area contributed by atoms with Gasteiger partial charge in [0.15, 0.2) is 16.6 Å². The van der Waals surface area contributed by atoms with Gasteiger partial charge in [-0.1, -0.05) is 5.16 Å². The Balaban J connectivity index is 1.65. The number of amides is 4. The predicted molar refractivity (Wildman–Crippen MR) is 154 cm³/mol. The Hall–Kier alpha value is -5.29. The van der Waals surface area contributed by atoms with Gasteiger partial charge >= 0.3 is 16.3 Å². The second kappa shape index (κ2) is 13.8. The molecule has 250 valence electrons. The highest BCUT2D eigenvalue weighted by Crippen LogP contribution is 2.24. The number of oxime groups is 1. The third-order valence-electron chi connectivity index (χ3n) is 6.21. The van der Waals surface area contributed by atoms with Crippen LogP contribution in [0, 0.1) is 0 Å². The summed E-state index contributed by atoms with van der Waals surface area (Å²) in [6.45, 7) is 1.31. The van der Waals surface area contributed by atoms with Crippen molar-refractivity contribution >= 4 is 62.1 Å². The van der Waals surface area contributed by atoms with Crippen LogP contribution in [0.2, 0.25) is 0 Å². The van der Waals surface area contributed by atoms with Gasteiger partial charge in [0.05, 0.1) is 24.5 Å². The maximum Gasteiger partial charge on any atom is 0.362 e. The molecule has 2 atom stereocenters. The molecule has 0 aliphatic carbocycles. The van der Waals surface area contributed by atoms with Gasteiger partial charge in [0, 0.05) is 30.8 Å². The first-order valence-corrected chi connectivity index (χ1v) is 15.1. The Morgan fingerprint density at radius 1 is 1.17 bits per heavy atom. The van der Waals surface area contributed by atoms with Crippen LogP contribution in [0.1, 0.15) is 38.1 Å². The molecule has 0 radical (unpaired) electrons. The third kappa shape index (κ3) is 8.45. The molecule has 3 rings (SSSR count). The highest BCUT2D eigenvalue weighted by atomic mass is 32.2. The Kier molecular flexibility index (Phi) is 10.5. The largest absolute Gasteiger partial charge is 0.503 e. The number of thiazole rings is 1. The minimum absolute atomic E-state index is 0.00600. The Labute approximate surface area is 262 Å². The number of nitrogens with one attached hydrogen (secondary N) is 3. The van der Waals surface area contributed by atoms with Crippen molar-refractivity contribution in [1.82, 2.24) is 30.0 Å². The molecule has 2 unspecified atom stereocenters. The lowest BCUT2D eigenvalue weighted by atomic mass is 9.98.